The molecule has 1 atom stereocenters. The van der Waals surface area contributed by atoms with E-state index in [2.05, 4.69) is 26.5 Å². The first-order chi connectivity index (χ1) is 17.0. The Hall–Kier alpha value is -3.50. The molecular weight excluding hydrogens is 452 g/mol. The number of hydrogen-bond donors (Lipinski definition) is 2. The van der Waals surface area contributed by atoms with E-state index in [1.54, 1.807) is 13.0 Å². The van der Waals surface area contributed by atoms with Crippen LogP contribution in [-0.4, -0.2) is 67.9 Å². The Balaban J connectivity index is 1.27. The van der Waals surface area contributed by atoms with Crippen molar-refractivity contribution < 1.29 is 28.2 Å². The molecule has 1 fully saturated rings. The number of amides is 2. The molecular formula is C25H30N4O6. The van der Waals surface area contributed by atoms with Gasteiger partial charge in [0.05, 0.1) is 12.2 Å². The van der Waals surface area contributed by atoms with E-state index in [4.69, 9.17) is 18.6 Å². The van der Waals surface area contributed by atoms with Gasteiger partial charge in [0.25, 0.3) is 0 Å². The first-order valence-electron chi connectivity index (χ1n) is 11.9. The van der Waals surface area contributed by atoms with Crippen LogP contribution in [0.2, 0.25) is 0 Å². The standard InChI is InChI=1S/C25H30N4O6/c1-3-32-24(30)22-18(26-25(31)27-23(22)20-6-4-16(2)35-20)14-29-10-8-28(9-11-29)13-17-5-7-19-21(12-17)34-15-33-19/h4-7,12,23H,3,8-11,13-15H2,1-2H3,(H2,26,27,31)/t23-/m0/s1. The van der Waals surface area contributed by atoms with Gasteiger partial charge in [-0.3, -0.25) is 9.80 Å². The van der Waals surface area contributed by atoms with E-state index in [1.165, 1.54) is 5.56 Å². The second-order valence-electron chi connectivity index (χ2n) is 8.83. The smallest absolute Gasteiger partial charge is 0.338 e. The van der Waals surface area contributed by atoms with Crippen LogP contribution in [0.3, 0.4) is 0 Å². The Labute approximate surface area is 203 Å². The second-order valence-corrected chi connectivity index (χ2v) is 8.83. The summed E-state index contributed by atoms with van der Waals surface area (Å²) < 4.78 is 22.0. The van der Waals surface area contributed by atoms with Gasteiger partial charge in [0.15, 0.2) is 11.5 Å². The maximum atomic E-state index is 12.9. The lowest BCUT2D eigenvalue weighted by Crippen LogP contribution is -2.51. The van der Waals surface area contributed by atoms with Gasteiger partial charge < -0.3 is 29.3 Å². The maximum absolute atomic E-state index is 12.9. The van der Waals surface area contributed by atoms with Crippen LogP contribution in [0.15, 0.2) is 46.0 Å². The van der Waals surface area contributed by atoms with Crippen LogP contribution in [0, 0.1) is 6.92 Å². The topological polar surface area (TPSA) is 106 Å². The fourth-order valence-corrected chi connectivity index (χ4v) is 4.64. The Bertz CT molecular complexity index is 1130. The summed E-state index contributed by atoms with van der Waals surface area (Å²) in [7, 11) is 0. The SMILES string of the molecule is CCOC(=O)C1=C(CN2CCN(Cc3ccc4c(c3)OCO4)CC2)NC(=O)N[C@H]1c1ccc(C)o1. The molecule has 0 unspecified atom stereocenters. The number of aryl methyl sites for hydroxylation is 1. The predicted molar refractivity (Wildman–Crippen MR) is 126 cm³/mol. The van der Waals surface area contributed by atoms with E-state index < -0.39 is 12.0 Å². The average molecular weight is 483 g/mol. The molecule has 0 bridgehead atoms. The average Bonchev–Trinajstić information content (AvgIpc) is 3.48. The van der Waals surface area contributed by atoms with Gasteiger partial charge in [-0.15, -0.1) is 0 Å². The maximum Gasteiger partial charge on any atom is 0.338 e. The number of carbonyl (C=O) groups excluding carboxylic acids is 2. The van der Waals surface area contributed by atoms with Gasteiger partial charge >= 0.3 is 12.0 Å². The van der Waals surface area contributed by atoms with Crippen molar-refractivity contribution in [2.24, 2.45) is 0 Å². The van der Waals surface area contributed by atoms with Crippen molar-refractivity contribution in [1.29, 1.82) is 0 Å². The molecule has 1 saturated heterocycles. The minimum absolute atomic E-state index is 0.242. The monoisotopic (exact) mass is 482 g/mol. The number of esters is 1. The molecule has 2 amide bonds. The molecule has 186 valence electrons. The Morgan fingerprint density at radius 3 is 2.51 bits per heavy atom. The number of piperazine rings is 1. The van der Waals surface area contributed by atoms with Crippen molar-refractivity contribution in [2.45, 2.75) is 26.4 Å². The molecule has 10 heteroatoms. The van der Waals surface area contributed by atoms with E-state index in [9.17, 15) is 9.59 Å². The summed E-state index contributed by atoms with van der Waals surface area (Å²) in [6.45, 7) is 8.70. The Kier molecular flexibility index (Phi) is 6.65. The van der Waals surface area contributed by atoms with Crippen LogP contribution in [0.1, 0.15) is 30.0 Å². The first kappa shape index (κ1) is 23.3. The molecule has 0 aliphatic carbocycles. The zero-order valence-corrected chi connectivity index (χ0v) is 20.0. The summed E-state index contributed by atoms with van der Waals surface area (Å²) in [5.74, 6) is 2.33. The molecule has 2 aromatic rings. The zero-order chi connectivity index (χ0) is 24.4. The van der Waals surface area contributed by atoms with E-state index in [0.717, 1.165) is 44.2 Å². The minimum atomic E-state index is -0.696. The number of nitrogens with zero attached hydrogens (tertiary/aromatic N) is 2. The molecule has 0 saturated carbocycles. The van der Waals surface area contributed by atoms with E-state index in [0.29, 0.717) is 29.3 Å². The number of urea groups is 1. The predicted octanol–water partition coefficient (Wildman–Crippen LogP) is 2.31. The summed E-state index contributed by atoms with van der Waals surface area (Å²) >= 11 is 0. The molecule has 35 heavy (non-hydrogen) atoms. The Morgan fingerprint density at radius 2 is 1.80 bits per heavy atom. The van der Waals surface area contributed by atoms with Gasteiger partial charge in [-0.1, -0.05) is 6.07 Å². The third kappa shape index (κ3) is 5.13. The van der Waals surface area contributed by atoms with Gasteiger partial charge in [0, 0.05) is 45.0 Å². The lowest BCUT2D eigenvalue weighted by molar-refractivity contribution is -0.139. The summed E-state index contributed by atoms with van der Waals surface area (Å²) in [5, 5.41) is 5.65. The molecule has 1 aromatic carbocycles. The number of furan rings is 1. The van der Waals surface area contributed by atoms with Crippen LogP contribution in [-0.2, 0) is 16.1 Å². The largest absolute Gasteiger partial charge is 0.464 e. The number of rotatable bonds is 7. The van der Waals surface area contributed by atoms with Crippen molar-refractivity contribution in [1.82, 2.24) is 20.4 Å². The van der Waals surface area contributed by atoms with E-state index in [1.807, 2.05) is 25.1 Å². The molecule has 3 aliphatic heterocycles. The lowest BCUT2D eigenvalue weighted by atomic mass is 9.99. The van der Waals surface area contributed by atoms with Crippen molar-refractivity contribution >= 4 is 12.0 Å². The molecule has 3 aliphatic rings. The quantitative estimate of drug-likeness (QED) is 0.580. The highest BCUT2D eigenvalue weighted by atomic mass is 16.7. The van der Waals surface area contributed by atoms with Gasteiger partial charge in [0.2, 0.25) is 6.79 Å². The lowest BCUT2D eigenvalue weighted by Gasteiger charge is -2.36. The molecule has 2 N–H and O–H groups in total. The van der Waals surface area contributed by atoms with E-state index >= 15 is 0 Å². The molecule has 0 radical (unpaired) electrons. The van der Waals surface area contributed by atoms with Crippen LogP contribution < -0.4 is 20.1 Å². The van der Waals surface area contributed by atoms with Gasteiger partial charge in [-0.05, 0) is 43.7 Å². The minimum Gasteiger partial charge on any atom is -0.464 e. The highest BCUT2D eigenvalue weighted by molar-refractivity contribution is 5.95. The molecule has 0 spiro atoms. The number of ether oxygens (including phenoxy) is 3. The van der Waals surface area contributed by atoms with Crippen LogP contribution in [0.4, 0.5) is 4.79 Å². The second kappa shape index (κ2) is 10.0. The number of fused-ring (bicyclic) bond motifs is 1. The van der Waals surface area contributed by atoms with Crippen molar-refractivity contribution in [2.75, 3.05) is 46.1 Å². The summed E-state index contributed by atoms with van der Waals surface area (Å²) in [5.41, 5.74) is 2.11. The fraction of sp³-hybridized carbons (Fsp3) is 0.440. The number of nitrogens with one attached hydrogen (secondary N) is 2. The van der Waals surface area contributed by atoms with Crippen LogP contribution in [0.25, 0.3) is 0 Å². The van der Waals surface area contributed by atoms with E-state index in [-0.39, 0.29) is 19.4 Å². The van der Waals surface area contributed by atoms with Gasteiger partial charge in [-0.2, -0.15) is 0 Å². The molecule has 10 nitrogen and oxygen atoms in total. The highest BCUT2D eigenvalue weighted by Gasteiger charge is 2.36. The Morgan fingerprint density at radius 1 is 1.06 bits per heavy atom. The summed E-state index contributed by atoms with van der Waals surface area (Å²) in [4.78, 5) is 30.0. The van der Waals surface area contributed by atoms with Crippen LogP contribution in [0.5, 0.6) is 11.5 Å². The molecule has 4 heterocycles. The molecule has 1 aromatic heterocycles. The van der Waals surface area contributed by atoms with Crippen molar-refractivity contribution in [3.05, 3.63) is 58.7 Å². The van der Waals surface area contributed by atoms with Crippen molar-refractivity contribution in [3.63, 3.8) is 0 Å². The molecule has 5 rings (SSSR count). The van der Waals surface area contributed by atoms with Crippen molar-refractivity contribution in [3.8, 4) is 11.5 Å². The zero-order valence-electron chi connectivity index (χ0n) is 20.0. The third-order valence-corrected chi connectivity index (χ3v) is 6.38. The van der Waals surface area contributed by atoms with Gasteiger partial charge in [-0.25, -0.2) is 9.59 Å². The highest BCUT2D eigenvalue weighted by Crippen LogP contribution is 2.33. The number of benzene rings is 1. The third-order valence-electron chi connectivity index (χ3n) is 6.38. The van der Waals surface area contributed by atoms with Gasteiger partial charge in [0.1, 0.15) is 17.6 Å². The number of hydrogen-bond acceptors (Lipinski definition) is 8. The summed E-state index contributed by atoms with van der Waals surface area (Å²) in [6.07, 6.45) is 0. The normalized spacial score (nSPS) is 20.5. The summed E-state index contributed by atoms with van der Waals surface area (Å²) in [6, 6.07) is 8.58. The fourth-order valence-electron chi connectivity index (χ4n) is 4.64. The first-order valence-corrected chi connectivity index (χ1v) is 11.9. The number of carbonyl (C=O) groups is 2. The van der Waals surface area contributed by atoms with Crippen LogP contribution >= 0.6 is 0 Å².